The van der Waals surface area contributed by atoms with Crippen molar-refractivity contribution in [1.29, 1.82) is 0 Å². The fraction of sp³-hybridized carbons (Fsp3) is 0.429. The number of rotatable bonds is 7. The summed E-state index contributed by atoms with van der Waals surface area (Å²) in [6.45, 7) is 3.54. The molecule has 1 unspecified atom stereocenters. The lowest BCUT2D eigenvalue weighted by Gasteiger charge is -2.07. The molecule has 1 atom stereocenters. The van der Waals surface area contributed by atoms with E-state index in [1.54, 1.807) is 17.5 Å². The number of pyridine rings is 1. The zero-order valence-corrected chi connectivity index (χ0v) is 11.9. The van der Waals surface area contributed by atoms with Gasteiger partial charge in [0.05, 0.1) is 17.5 Å². The van der Waals surface area contributed by atoms with Crippen molar-refractivity contribution in [2.75, 3.05) is 6.54 Å². The van der Waals surface area contributed by atoms with Gasteiger partial charge in [0.15, 0.2) is 0 Å². The van der Waals surface area contributed by atoms with Crippen LogP contribution in [0.25, 0.3) is 10.7 Å². The van der Waals surface area contributed by atoms with Gasteiger partial charge in [-0.15, -0.1) is 11.3 Å². The third-order valence-corrected chi connectivity index (χ3v) is 3.78. The molecule has 4 nitrogen and oxygen atoms in total. The Balaban J connectivity index is 1.82. The van der Waals surface area contributed by atoms with E-state index in [-0.39, 0.29) is 6.10 Å². The van der Waals surface area contributed by atoms with Gasteiger partial charge < -0.3 is 10.4 Å². The van der Waals surface area contributed by atoms with Crippen molar-refractivity contribution >= 4 is 11.3 Å². The molecule has 0 radical (unpaired) electrons. The van der Waals surface area contributed by atoms with Gasteiger partial charge >= 0.3 is 0 Å². The minimum absolute atomic E-state index is 0.202. The van der Waals surface area contributed by atoms with E-state index >= 15 is 0 Å². The van der Waals surface area contributed by atoms with Crippen LogP contribution in [0.3, 0.4) is 0 Å². The Morgan fingerprint density at radius 3 is 3.05 bits per heavy atom. The Morgan fingerprint density at radius 2 is 2.32 bits per heavy atom. The van der Waals surface area contributed by atoms with Crippen LogP contribution in [0.5, 0.6) is 0 Å². The molecule has 0 bridgehead atoms. The van der Waals surface area contributed by atoms with E-state index in [1.165, 1.54) is 0 Å². The summed E-state index contributed by atoms with van der Waals surface area (Å²) in [5.41, 5.74) is 1.94. The maximum atomic E-state index is 9.45. The number of hydrogen-bond acceptors (Lipinski definition) is 5. The van der Waals surface area contributed by atoms with Gasteiger partial charge in [0, 0.05) is 18.1 Å². The fourth-order valence-electron chi connectivity index (χ4n) is 1.68. The third kappa shape index (κ3) is 4.38. The van der Waals surface area contributed by atoms with Crippen molar-refractivity contribution in [3.05, 3.63) is 35.5 Å². The van der Waals surface area contributed by atoms with Crippen molar-refractivity contribution in [3.8, 4) is 10.7 Å². The number of nitrogens with one attached hydrogen (secondary N) is 1. The first-order valence-corrected chi connectivity index (χ1v) is 7.42. The Morgan fingerprint density at radius 1 is 1.42 bits per heavy atom. The number of aliphatic hydroxyl groups is 1. The summed E-state index contributed by atoms with van der Waals surface area (Å²) in [6, 6.07) is 5.83. The lowest BCUT2D eigenvalue weighted by Crippen LogP contribution is -2.19. The Labute approximate surface area is 117 Å². The van der Waals surface area contributed by atoms with Gasteiger partial charge in [-0.25, -0.2) is 4.98 Å². The van der Waals surface area contributed by atoms with E-state index in [9.17, 15) is 5.11 Å². The molecule has 0 aromatic carbocycles. The average Bonchev–Trinajstić information content (AvgIpc) is 2.93. The molecule has 0 saturated heterocycles. The van der Waals surface area contributed by atoms with Gasteiger partial charge in [-0.3, -0.25) is 4.98 Å². The van der Waals surface area contributed by atoms with Crippen molar-refractivity contribution < 1.29 is 5.11 Å². The number of nitrogens with zero attached hydrogens (tertiary/aromatic N) is 2. The molecular formula is C14H19N3OS. The first kappa shape index (κ1) is 14.1. The van der Waals surface area contributed by atoms with Crippen molar-refractivity contribution in [1.82, 2.24) is 15.3 Å². The Bertz CT molecular complexity index is 486. The van der Waals surface area contributed by atoms with Crippen LogP contribution in [-0.4, -0.2) is 27.7 Å². The molecule has 0 aliphatic carbocycles. The van der Waals surface area contributed by atoms with Gasteiger partial charge in [-0.2, -0.15) is 0 Å². The first-order valence-electron chi connectivity index (χ1n) is 6.54. The highest BCUT2D eigenvalue weighted by atomic mass is 32.1. The highest BCUT2D eigenvalue weighted by molar-refractivity contribution is 7.13. The molecule has 19 heavy (non-hydrogen) atoms. The molecule has 0 aliphatic rings. The molecule has 2 aromatic rings. The van der Waals surface area contributed by atoms with Gasteiger partial charge in [0.2, 0.25) is 0 Å². The van der Waals surface area contributed by atoms with Gasteiger partial charge in [-0.05, 0) is 31.5 Å². The zero-order valence-electron chi connectivity index (χ0n) is 11.0. The fourth-order valence-corrected chi connectivity index (χ4v) is 2.48. The normalized spacial score (nSPS) is 12.5. The predicted octanol–water partition coefficient (Wildman–Crippen LogP) is 2.46. The number of thiazole rings is 1. The molecule has 2 N–H and O–H groups in total. The summed E-state index contributed by atoms with van der Waals surface area (Å²) < 4.78 is 0. The lowest BCUT2D eigenvalue weighted by atomic mass is 10.2. The summed E-state index contributed by atoms with van der Waals surface area (Å²) in [5.74, 6) is 0. The van der Waals surface area contributed by atoms with Crippen LogP contribution < -0.4 is 5.32 Å². The second-order valence-corrected chi connectivity index (χ2v) is 5.24. The van der Waals surface area contributed by atoms with E-state index in [4.69, 9.17) is 0 Å². The summed E-state index contributed by atoms with van der Waals surface area (Å²) in [4.78, 5) is 8.84. The molecule has 2 rings (SSSR count). The molecule has 0 amide bonds. The SMILES string of the molecule is CCC(O)CCNCc1csc(-c2ccccn2)n1. The first-order chi connectivity index (χ1) is 9.29. The van der Waals surface area contributed by atoms with Crippen LogP contribution in [0.2, 0.25) is 0 Å². The van der Waals surface area contributed by atoms with Crippen LogP contribution in [0.1, 0.15) is 25.5 Å². The van der Waals surface area contributed by atoms with Gasteiger partial charge in [0.1, 0.15) is 5.01 Å². The van der Waals surface area contributed by atoms with E-state index in [0.717, 1.165) is 42.3 Å². The molecule has 0 spiro atoms. The highest BCUT2D eigenvalue weighted by Crippen LogP contribution is 2.21. The minimum Gasteiger partial charge on any atom is -0.393 e. The van der Waals surface area contributed by atoms with E-state index in [0.29, 0.717) is 0 Å². The molecule has 2 heterocycles. The molecule has 0 saturated carbocycles. The van der Waals surface area contributed by atoms with Crippen LogP contribution in [0, 0.1) is 0 Å². The largest absolute Gasteiger partial charge is 0.393 e. The molecule has 102 valence electrons. The Hall–Kier alpha value is -1.30. The van der Waals surface area contributed by atoms with Gasteiger partial charge in [0.25, 0.3) is 0 Å². The molecular weight excluding hydrogens is 258 g/mol. The number of aliphatic hydroxyl groups excluding tert-OH is 1. The zero-order chi connectivity index (χ0) is 13.5. The molecule has 0 aliphatic heterocycles. The van der Waals surface area contributed by atoms with Crippen LogP contribution in [0.4, 0.5) is 0 Å². The maximum Gasteiger partial charge on any atom is 0.142 e. The third-order valence-electron chi connectivity index (χ3n) is 2.87. The highest BCUT2D eigenvalue weighted by Gasteiger charge is 2.05. The summed E-state index contributed by atoms with van der Waals surface area (Å²) in [7, 11) is 0. The maximum absolute atomic E-state index is 9.45. The standard InChI is InChI=1S/C14H19N3OS/c1-2-12(18)6-8-15-9-11-10-19-14(17-11)13-5-3-4-7-16-13/h3-5,7,10,12,15,18H,2,6,8-9H2,1H3. The lowest BCUT2D eigenvalue weighted by molar-refractivity contribution is 0.159. The second-order valence-electron chi connectivity index (χ2n) is 4.39. The van der Waals surface area contributed by atoms with Crippen molar-refractivity contribution in [2.24, 2.45) is 0 Å². The summed E-state index contributed by atoms with van der Waals surface area (Å²) in [5, 5.41) is 15.7. The van der Waals surface area contributed by atoms with Crippen molar-refractivity contribution in [3.63, 3.8) is 0 Å². The van der Waals surface area contributed by atoms with E-state index < -0.39 is 0 Å². The number of aromatic nitrogens is 2. The summed E-state index contributed by atoms with van der Waals surface area (Å²) in [6.07, 6.45) is 3.17. The monoisotopic (exact) mass is 277 g/mol. The van der Waals surface area contributed by atoms with Crippen molar-refractivity contribution in [2.45, 2.75) is 32.4 Å². The molecule has 2 aromatic heterocycles. The number of hydrogen-bond donors (Lipinski definition) is 2. The topological polar surface area (TPSA) is 58.0 Å². The average molecular weight is 277 g/mol. The molecule has 5 heteroatoms. The quantitative estimate of drug-likeness (QED) is 0.763. The Kier molecular flexibility index (Phi) is 5.44. The van der Waals surface area contributed by atoms with E-state index in [2.05, 4.69) is 15.3 Å². The second kappa shape index (κ2) is 7.33. The smallest absolute Gasteiger partial charge is 0.142 e. The van der Waals surface area contributed by atoms with Crippen LogP contribution in [-0.2, 0) is 6.54 Å². The molecule has 0 fully saturated rings. The van der Waals surface area contributed by atoms with Crippen LogP contribution >= 0.6 is 11.3 Å². The van der Waals surface area contributed by atoms with Crippen LogP contribution in [0.15, 0.2) is 29.8 Å². The van der Waals surface area contributed by atoms with Gasteiger partial charge in [-0.1, -0.05) is 13.0 Å². The van der Waals surface area contributed by atoms with E-state index in [1.807, 2.05) is 30.5 Å². The minimum atomic E-state index is -0.202. The summed E-state index contributed by atoms with van der Waals surface area (Å²) >= 11 is 1.61. The predicted molar refractivity (Wildman–Crippen MR) is 78.0 cm³/mol.